The van der Waals surface area contributed by atoms with Crippen molar-refractivity contribution in [1.29, 1.82) is 0 Å². The molecule has 1 atom stereocenters. The number of anilines is 2. The van der Waals surface area contributed by atoms with E-state index in [0.717, 1.165) is 37.6 Å². The Morgan fingerprint density at radius 1 is 0.929 bits per heavy atom. The van der Waals surface area contributed by atoms with Crippen molar-refractivity contribution in [3.63, 3.8) is 0 Å². The summed E-state index contributed by atoms with van der Waals surface area (Å²) in [4.78, 5) is 31.2. The number of ether oxygens (including phenoxy) is 1. The number of hydrogen-bond donors (Lipinski definition) is 0. The molecule has 0 N–H and O–H groups in total. The van der Waals surface area contributed by atoms with Gasteiger partial charge in [0, 0.05) is 26.2 Å². The lowest BCUT2D eigenvalue weighted by Crippen LogP contribution is -2.52. The van der Waals surface area contributed by atoms with Gasteiger partial charge in [-0.1, -0.05) is 30.3 Å². The predicted octanol–water partition coefficient (Wildman–Crippen LogP) is 2.54. The van der Waals surface area contributed by atoms with Crippen LogP contribution in [0.5, 0.6) is 5.75 Å². The van der Waals surface area contributed by atoms with E-state index in [1.54, 1.807) is 12.1 Å². The van der Waals surface area contributed by atoms with E-state index in [0.29, 0.717) is 12.3 Å². The van der Waals surface area contributed by atoms with Crippen molar-refractivity contribution in [1.82, 2.24) is 4.90 Å². The van der Waals surface area contributed by atoms with Crippen molar-refractivity contribution in [3.05, 3.63) is 54.6 Å². The highest BCUT2D eigenvalue weighted by Gasteiger charge is 2.43. The van der Waals surface area contributed by atoms with E-state index in [4.69, 9.17) is 4.74 Å². The van der Waals surface area contributed by atoms with Crippen LogP contribution in [0.1, 0.15) is 13.3 Å². The zero-order valence-electron chi connectivity index (χ0n) is 16.1. The Balaban J connectivity index is 1.43. The maximum Gasteiger partial charge on any atom is 0.251 e. The number of amides is 2. The summed E-state index contributed by atoms with van der Waals surface area (Å²) in [6.07, 6.45) is 0.253. The maximum atomic E-state index is 12.9. The molecule has 6 heteroatoms. The van der Waals surface area contributed by atoms with Crippen molar-refractivity contribution in [3.8, 4) is 5.75 Å². The molecule has 2 aromatic rings. The molecule has 0 spiro atoms. The van der Waals surface area contributed by atoms with Gasteiger partial charge in [-0.25, -0.2) is 4.90 Å². The molecule has 146 valence electrons. The monoisotopic (exact) mass is 379 g/mol. The van der Waals surface area contributed by atoms with Crippen molar-refractivity contribution in [2.45, 2.75) is 19.4 Å². The van der Waals surface area contributed by atoms with E-state index < -0.39 is 0 Å². The van der Waals surface area contributed by atoms with Gasteiger partial charge in [-0.05, 0) is 31.2 Å². The second-order valence-electron chi connectivity index (χ2n) is 7.05. The Bertz CT molecular complexity index is 847. The van der Waals surface area contributed by atoms with Crippen molar-refractivity contribution < 1.29 is 14.3 Å². The molecule has 2 aliphatic heterocycles. The smallest absolute Gasteiger partial charge is 0.251 e. The molecule has 0 aliphatic carbocycles. The highest BCUT2D eigenvalue weighted by atomic mass is 16.5. The lowest BCUT2D eigenvalue weighted by Gasteiger charge is -2.38. The third-order valence-electron chi connectivity index (χ3n) is 5.40. The summed E-state index contributed by atoms with van der Waals surface area (Å²) in [6.45, 7) is 5.70. The lowest BCUT2D eigenvalue weighted by molar-refractivity contribution is -0.123. The van der Waals surface area contributed by atoms with Crippen LogP contribution in [0.15, 0.2) is 54.6 Å². The Hall–Kier alpha value is -2.86. The van der Waals surface area contributed by atoms with Crippen LogP contribution in [-0.4, -0.2) is 55.5 Å². The summed E-state index contributed by atoms with van der Waals surface area (Å²) >= 11 is 0. The molecule has 2 amide bonds. The SMILES string of the molecule is CCOc1ccccc1N1CCN([C@H]2CC(=O)N(c3ccccc3)C2=O)CC1. The van der Waals surface area contributed by atoms with E-state index in [9.17, 15) is 9.59 Å². The fourth-order valence-corrected chi connectivity index (χ4v) is 4.02. The normalized spacial score (nSPS) is 20.7. The Kier molecular flexibility index (Phi) is 5.30. The minimum atomic E-state index is -0.364. The van der Waals surface area contributed by atoms with Crippen LogP contribution in [0.4, 0.5) is 11.4 Å². The van der Waals surface area contributed by atoms with Gasteiger partial charge in [0.2, 0.25) is 5.91 Å². The third kappa shape index (κ3) is 3.47. The summed E-state index contributed by atoms with van der Waals surface area (Å²) in [6, 6.07) is 16.9. The van der Waals surface area contributed by atoms with Gasteiger partial charge in [0.25, 0.3) is 5.91 Å². The van der Waals surface area contributed by atoms with Gasteiger partial charge in [-0.15, -0.1) is 0 Å². The van der Waals surface area contributed by atoms with Crippen LogP contribution < -0.4 is 14.5 Å². The average molecular weight is 379 g/mol. The van der Waals surface area contributed by atoms with E-state index >= 15 is 0 Å². The number of rotatable bonds is 5. The van der Waals surface area contributed by atoms with Gasteiger partial charge in [0.15, 0.2) is 0 Å². The number of para-hydroxylation sites is 3. The summed E-state index contributed by atoms with van der Waals surface area (Å²) in [5, 5.41) is 0. The molecule has 0 saturated carbocycles. The molecule has 2 fully saturated rings. The van der Waals surface area contributed by atoms with Gasteiger partial charge in [-0.3, -0.25) is 14.5 Å². The first-order valence-corrected chi connectivity index (χ1v) is 9.81. The number of carbonyl (C=O) groups is 2. The van der Waals surface area contributed by atoms with E-state index in [2.05, 4.69) is 15.9 Å². The molecule has 2 saturated heterocycles. The van der Waals surface area contributed by atoms with Crippen LogP contribution >= 0.6 is 0 Å². The van der Waals surface area contributed by atoms with Crippen LogP contribution in [0.3, 0.4) is 0 Å². The zero-order valence-corrected chi connectivity index (χ0v) is 16.1. The summed E-state index contributed by atoms with van der Waals surface area (Å²) < 4.78 is 5.75. The molecular weight excluding hydrogens is 354 g/mol. The second kappa shape index (κ2) is 8.02. The molecule has 0 unspecified atom stereocenters. The highest BCUT2D eigenvalue weighted by molar-refractivity contribution is 6.22. The number of carbonyl (C=O) groups excluding carboxylic acids is 2. The minimum Gasteiger partial charge on any atom is -0.492 e. The summed E-state index contributed by atoms with van der Waals surface area (Å²) in [5.41, 5.74) is 1.74. The van der Waals surface area contributed by atoms with Gasteiger partial charge >= 0.3 is 0 Å². The van der Waals surface area contributed by atoms with Crippen molar-refractivity contribution in [2.75, 3.05) is 42.6 Å². The van der Waals surface area contributed by atoms with Crippen LogP contribution in [-0.2, 0) is 9.59 Å². The first kappa shape index (κ1) is 18.5. The molecule has 0 radical (unpaired) electrons. The van der Waals surface area contributed by atoms with Crippen molar-refractivity contribution >= 4 is 23.2 Å². The average Bonchev–Trinajstić information content (AvgIpc) is 3.03. The number of benzene rings is 2. The standard InChI is InChI=1S/C22H25N3O3/c1-2-28-20-11-7-6-10-18(20)23-12-14-24(15-13-23)19-16-21(26)25(22(19)27)17-8-4-3-5-9-17/h3-11,19H,2,12-16H2,1H3/t19-/m0/s1. The van der Waals surface area contributed by atoms with Crippen LogP contribution in [0.2, 0.25) is 0 Å². The summed E-state index contributed by atoms with van der Waals surface area (Å²) in [5.74, 6) is 0.658. The van der Waals surface area contributed by atoms with Crippen LogP contribution in [0, 0.1) is 0 Å². The zero-order chi connectivity index (χ0) is 19.5. The molecule has 2 aromatic carbocycles. The Morgan fingerprint density at radius 3 is 2.32 bits per heavy atom. The van der Waals surface area contributed by atoms with Gasteiger partial charge in [0.05, 0.1) is 30.4 Å². The Morgan fingerprint density at radius 2 is 1.61 bits per heavy atom. The number of nitrogens with zero attached hydrogens (tertiary/aromatic N) is 3. The van der Waals surface area contributed by atoms with Gasteiger partial charge in [0.1, 0.15) is 5.75 Å². The van der Waals surface area contributed by atoms with E-state index in [1.807, 2.05) is 43.3 Å². The fourth-order valence-electron chi connectivity index (χ4n) is 4.02. The van der Waals surface area contributed by atoms with Crippen molar-refractivity contribution in [2.24, 2.45) is 0 Å². The molecule has 0 aromatic heterocycles. The predicted molar refractivity (Wildman–Crippen MR) is 109 cm³/mol. The molecule has 2 aliphatic rings. The number of imide groups is 1. The highest BCUT2D eigenvalue weighted by Crippen LogP contribution is 2.30. The topological polar surface area (TPSA) is 53.1 Å². The number of piperazine rings is 1. The third-order valence-corrected chi connectivity index (χ3v) is 5.40. The molecule has 0 bridgehead atoms. The first-order valence-electron chi connectivity index (χ1n) is 9.81. The van der Waals surface area contributed by atoms with E-state index in [-0.39, 0.29) is 24.3 Å². The molecule has 6 nitrogen and oxygen atoms in total. The second-order valence-corrected chi connectivity index (χ2v) is 7.05. The maximum absolute atomic E-state index is 12.9. The van der Waals surface area contributed by atoms with Crippen LogP contribution in [0.25, 0.3) is 0 Å². The van der Waals surface area contributed by atoms with E-state index in [1.165, 1.54) is 4.90 Å². The molecular formula is C22H25N3O3. The van der Waals surface area contributed by atoms with Gasteiger partial charge in [-0.2, -0.15) is 0 Å². The lowest BCUT2D eigenvalue weighted by atomic mass is 10.1. The molecule has 28 heavy (non-hydrogen) atoms. The summed E-state index contributed by atoms with van der Waals surface area (Å²) in [7, 11) is 0. The minimum absolute atomic E-state index is 0.112. The Labute approximate surface area is 165 Å². The molecule has 2 heterocycles. The largest absolute Gasteiger partial charge is 0.492 e. The quantitative estimate of drug-likeness (QED) is 0.748. The molecule has 4 rings (SSSR count). The fraction of sp³-hybridized carbons (Fsp3) is 0.364. The van der Waals surface area contributed by atoms with Gasteiger partial charge < -0.3 is 9.64 Å². The first-order chi connectivity index (χ1) is 13.7. The number of hydrogen-bond acceptors (Lipinski definition) is 5.